The van der Waals surface area contributed by atoms with E-state index >= 15 is 0 Å². The van der Waals surface area contributed by atoms with Gasteiger partial charge in [0.15, 0.2) is 0 Å². The summed E-state index contributed by atoms with van der Waals surface area (Å²) in [4.78, 5) is 12.7. The Labute approximate surface area is 161 Å². The highest BCUT2D eigenvalue weighted by Crippen LogP contribution is 2.20. The molecule has 2 aromatic carbocycles. The second-order valence-corrected chi connectivity index (χ2v) is 7.01. The second-order valence-electron chi connectivity index (χ2n) is 7.01. The number of benzene rings is 2. The molecule has 1 aromatic heterocycles. The summed E-state index contributed by atoms with van der Waals surface area (Å²) in [5.41, 5.74) is 6.28. The Morgan fingerprint density at radius 3 is 2.33 bits per heavy atom. The van der Waals surface area contributed by atoms with E-state index in [9.17, 15) is 4.79 Å². The Bertz CT molecular complexity index is 911. The van der Waals surface area contributed by atoms with Crippen molar-refractivity contribution in [3.8, 4) is 5.69 Å². The number of rotatable bonds is 6. The van der Waals surface area contributed by atoms with Gasteiger partial charge in [-0.25, -0.2) is 4.68 Å². The molecule has 0 aliphatic rings. The summed E-state index contributed by atoms with van der Waals surface area (Å²) in [5.74, 6) is 0.0289. The molecule has 0 saturated heterocycles. The van der Waals surface area contributed by atoms with Crippen LogP contribution in [0.1, 0.15) is 47.5 Å². The van der Waals surface area contributed by atoms with E-state index in [2.05, 4.69) is 48.5 Å². The zero-order chi connectivity index (χ0) is 19.4. The summed E-state index contributed by atoms with van der Waals surface area (Å²) in [6, 6.07) is 18.4. The molecule has 0 aliphatic heterocycles. The first-order valence-corrected chi connectivity index (χ1v) is 9.46. The first kappa shape index (κ1) is 18.9. The molecule has 1 amide bonds. The third kappa shape index (κ3) is 4.27. The maximum atomic E-state index is 12.7. The van der Waals surface area contributed by atoms with Crippen molar-refractivity contribution in [2.45, 2.75) is 46.6 Å². The summed E-state index contributed by atoms with van der Waals surface area (Å²) in [6.45, 7) is 8.15. The minimum Gasteiger partial charge on any atom is -0.349 e. The molecule has 1 unspecified atom stereocenters. The average Bonchev–Trinajstić information content (AvgIpc) is 2.96. The van der Waals surface area contributed by atoms with Crippen molar-refractivity contribution in [1.82, 2.24) is 15.1 Å². The largest absolute Gasteiger partial charge is 0.349 e. The van der Waals surface area contributed by atoms with Gasteiger partial charge in [-0.05, 0) is 44.9 Å². The Balaban J connectivity index is 1.76. The summed E-state index contributed by atoms with van der Waals surface area (Å²) < 4.78 is 1.91. The van der Waals surface area contributed by atoms with Crippen LogP contribution in [0.15, 0.2) is 54.6 Å². The van der Waals surface area contributed by atoms with Crippen LogP contribution in [0, 0.1) is 20.8 Å². The molecule has 0 bridgehead atoms. The van der Waals surface area contributed by atoms with Crippen LogP contribution in [0.2, 0.25) is 0 Å². The van der Waals surface area contributed by atoms with Crippen LogP contribution in [-0.4, -0.2) is 15.7 Å². The molecule has 4 nitrogen and oxygen atoms in total. The molecule has 0 radical (unpaired) electrons. The number of aromatic nitrogens is 2. The van der Waals surface area contributed by atoms with E-state index < -0.39 is 0 Å². The number of nitrogens with one attached hydrogen (secondary N) is 1. The van der Waals surface area contributed by atoms with Crippen LogP contribution in [0.25, 0.3) is 5.69 Å². The lowest BCUT2D eigenvalue weighted by Crippen LogP contribution is -2.29. The van der Waals surface area contributed by atoms with Gasteiger partial charge in [0.2, 0.25) is 5.91 Å². The van der Waals surface area contributed by atoms with Crippen LogP contribution in [-0.2, 0) is 11.2 Å². The van der Waals surface area contributed by atoms with Gasteiger partial charge < -0.3 is 5.32 Å². The number of hydrogen-bond donors (Lipinski definition) is 1. The highest BCUT2D eigenvalue weighted by atomic mass is 16.1. The molecule has 0 fully saturated rings. The highest BCUT2D eigenvalue weighted by Gasteiger charge is 2.18. The van der Waals surface area contributed by atoms with Crippen LogP contribution < -0.4 is 5.32 Å². The smallest absolute Gasteiger partial charge is 0.225 e. The number of aryl methyl sites for hydroxylation is 2. The van der Waals surface area contributed by atoms with Crippen molar-refractivity contribution in [3.63, 3.8) is 0 Å². The molecule has 0 spiro atoms. The Kier molecular flexibility index (Phi) is 5.75. The van der Waals surface area contributed by atoms with Crippen molar-refractivity contribution in [3.05, 3.63) is 82.7 Å². The zero-order valence-corrected chi connectivity index (χ0v) is 16.5. The molecule has 1 N–H and O–H groups in total. The standard InChI is InChI=1S/C23H27N3O/c1-5-22(19-13-11-16(2)12-14-19)24-23(27)15-21-17(3)25-26(18(21)4)20-9-7-6-8-10-20/h6-14,22H,5,15H2,1-4H3,(H,24,27). The lowest BCUT2D eigenvalue weighted by molar-refractivity contribution is -0.121. The minimum atomic E-state index is 0.0289. The topological polar surface area (TPSA) is 46.9 Å². The van der Waals surface area contributed by atoms with Crippen molar-refractivity contribution in [2.75, 3.05) is 0 Å². The SMILES string of the molecule is CCC(NC(=O)Cc1c(C)nn(-c2ccccc2)c1C)c1ccc(C)cc1. The van der Waals surface area contributed by atoms with E-state index in [-0.39, 0.29) is 11.9 Å². The zero-order valence-electron chi connectivity index (χ0n) is 16.5. The molecular formula is C23H27N3O. The number of amides is 1. The van der Waals surface area contributed by atoms with E-state index in [0.29, 0.717) is 6.42 Å². The summed E-state index contributed by atoms with van der Waals surface area (Å²) >= 11 is 0. The molecule has 3 rings (SSSR count). The Hall–Kier alpha value is -2.88. The van der Waals surface area contributed by atoms with Gasteiger partial charge >= 0.3 is 0 Å². The first-order chi connectivity index (χ1) is 13.0. The summed E-state index contributed by atoms with van der Waals surface area (Å²) in [5, 5.41) is 7.82. The quantitative estimate of drug-likeness (QED) is 0.697. The van der Waals surface area contributed by atoms with E-state index in [1.54, 1.807) is 0 Å². The highest BCUT2D eigenvalue weighted by molar-refractivity contribution is 5.79. The molecule has 3 aromatic rings. The van der Waals surface area contributed by atoms with Crippen molar-refractivity contribution < 1.29 is 4.79 Å². The normalized spacial score (nSPS) is 12.0. The molecule has 1 atom stereocenters. The van der Waals surface area contributed by atoms with Crippen molar-refractivity contribution in [1.29, 1.82) is 0 Å². The molecule has 4 heteroatoms. The maximum absolute atomic E-state index is 12.7. The molecule has 1 heterocycles. The monoisotopic (exact) mass is 361 g/mol. The molecule has 0 saturated carbocycles. The van der Waals surface area contributed by atoms with Gasteiger partial charge in [-0.1, -0.05) is 55.0 Å². The van der Waals surface area contributed by atoms with E-state index in [1.807, 2.05) is 48.9 Å². The van der Waals surface area contributed by atoms with Gasteiger partial charge in [-0.2, -0.15) is 5.10 Å². The van der Waals surface area contributed by atoms with Gasteiger partial charge in [0.05, 0.1) is 23.8 Å². The Morgan fingerprint density at radius 2 is 1.70 bits per heavy atom. The van der Waals surface area contributed by atoms with Crippen LogP contribution >= 0.6 is 0 Å². The predicted octanol–water partition coefficient (Wildman–Crippen LogP) is 4.61. The molecular weight excluding hydrogens is 334 g/mol. The third-order valence-corrected chi connectivity index (χ3v) is 5.00. The van der Waals surface area contributed by atoms with Crippen LogP contribution in [0.5, 0.6) is 0 Å². The Morgan fingerprint density at radius 1 is 1.04 bits per heavy atom. The van der Waals surface area contributed by atoms with Gasteiger partial charge in [0, 0.05) is 11.3 Å². The number of carbonyl (C=O) groups is 1. The van der Waals surface area contributed by atoms with E-state index in [1.165, 1.54) is 5.56 Å². The number of carbonyl (C=O) groups excluding carboxylic acids is 1. The predicted molar refractivity (Wildman–Crippen MR) is 109 cm³/mol. The van der Waals surface area contributed by atoms with Crippen molar-refractivity contribution >= 4 is 5.91 Å². The van der Waals surface area contributed by atoms with Gasteiger partial charge in [0.1, 0.15) is 0 Å². The van der Waals surface area contributed by atoms with Gasteiger partial charge in [0.25, 0.3) is 0 Å². The number of hydrogen-bond acceptors (Lipinski definition) is 2. The number of para-hydroxylation sites is 1. The fourth-order valence-corrected chi connectivity index (χ4v) is 3.38. The second kappa shape index (κ2) is 8.21. The van der Waals surface area contributed by atoms with Gasteiger partial charge in [-0.15, -0.1) is 0 Å². The van der Waals surface area contributed by atoms with Crippen molar-refractivity contribution in [2.24, 2.45) is 0 Å². The summed E-state index contributed by atoms with van der Waals surface area (Å²) in [7, 11) is 0. The number of nitrogens with zero attached hydrogens (tertiary/aromatic N) is 2. The van der Waals surface area contributed by atoms with E-state index in [0.717, 1.165) is 34.6 Å². The van der Waals surface area contributed by atoms with Crippen LogP contribution in [0.4, 0.5) is 0 Å². The first-order valence-electron chi connectivity index (χ1n) is 9.46. The molecule has 27 heavy (non-hydrogen) atoms. The lowest BCUT2D eigenvalue weighted by atomic mass is 10.0. The summed E-state index contributed by atoms with van der Waals surface area (Å²) in [6.07, 6.45) is 1.20. The molecule has 140 valence electrons. The third-order valence-electron chi connectivity index (χ3n) is 5.00. The molecule has 0 aliphatic carbocycles. The van der Waals surface area contributed by atoms with E-state index in [4.69, 9.17) is 0 Å². The van der Waals surface area contributed by atoms with Gasteiger partial charge in [-0.3, -0.25) is 4.79 Å². The fourth-order valence-electron chi connectivity index (χ4n) is 3.38. The minimum absolute atomic E-state index is 0.0289. The fraction of sp³-hybridized carbons (Fsp3) is 0.304. The average molecular weight is 361 g/mol. The maximum Gasteiger partial charge on any atom is 0.225 e. The van der Waals surface area contributed by atoms with Crippen LogP contribution in [0.3, 0.4) is 0 Å². The lowest BCUT2D eigenvalue weighted by Gasteiger charge is -2.18.